The number of piperidine rings is 1. The van der Waals surface area contributed by atoms with E-state index in [1.54, 1.807) is 35.0 Å². The maximum Gasteiger partial charge on any atom is 0.425 e. The first-order valence-corrected chi connectivity index (χ1v) is 11.3. The number of benzene rings is 1. The first kappa shape index (κ1) is 23.2. The van der Waals surface area contributed by atoms with E-state index in [9.17, 15) is 18.0 Å². The van der Waals surface area contributed by atoms with Crippen molar-refractivity contribution in [2.24, 2.45) is 0 Å². The Morgan fingerprint density at radius 3 is 2.63 bits per heavy atom. The van der Waals surface area contributed by atoms with Crippen LogP contribution >= 0.6 is 11.6 Å². The van der Waals surface area contributed by atoms with Gasteiger partial charge in [-0.25, -0.2) is 14.8 Å². The molecule has 182 valence electrons. The lowest BCUT2D eigenvalue weighted by Crippen LogP contribution is -2.65. The van der Waals surface area contributed by atoms with Gasteiger partial charge in [-0.1, -0.05) is 11.6 Å². The first-order valence-electron chi connectivity index (χ1n) is 10.9. The highest BCUT2D eigenvalue weighted by molar-refractivity contribution is 6.32. The minimum Gasteiger partial charge on any atom is -0.474 e. The van der Waals surface area contributed by atoms with Crippen molar-refractivity contribution in [3.8, 4) is 17.6 Å². The van der Waals surface area contributed by atoms with Crippen LogP contribution in [0.5, 0.6) is 5.88 Å². The number of fused-ring (bicyclic) bond motifs is 3. The van der Waals surface area contributed by atoms with Crippen molar-refractivity contribution in [3.05, 3.63) is 47.4 Å². The number of nitriles is 1. The van der Waals surface area contributed by atoms with Crippen LogP contribution < -0.4 is 4.74 Å². The summed E-state index contributed by atoms with van der Waals surface area (Å²) in [5.41, 5.74) is 1.65. The molecule has 2 aromatic heterocycles. The molecule has 2 aliphatic heterocycles. The molecule has 1 saturated carbocycles. The van der Waals surface area contributed by atoms with Gasteiger partial charge in [0.15, 0.2) is 11.8 Å². The quantitative estimate of drug-likeness (QED) is 0.494. The number of aromatic nitrogens is 3. The lowest BCUT2D eigenvalue weighted by atomic mass is 9.78. The van der Waals surface area contributed by atoms with Gasteiger partial charge in [0.05, 0.1) is 27.7 Å². The van der Waals surface area contributed by atoms with Crippen molar-refractivity contribution in [2.45, 2.75) is 56.7 Å². The summed E-state index contributed by atoms with van der Waals surface area (Å²) in [6.45, 7) is 0.816. The Morgan fingerprint density at radius 1 is 1.23 bits per heavy atom. The Morgan fingerprint density at radius 2 is 1.97 bits per heavy atom. The fraction of sp³-hybridized carbons (Fsp3) is 0.391. The Hall–Kier alpha value is -3.52. The molecule has 3 aliphatic rings. The SMILES string of the molecule is CC(OC(=O)N1C2CC(Oc3ncnc4c3ccn4-c3ccc(C#N)cc3Cl)C[C@@H]1C2)C(F)(F)F. The van der Waals surface area contributed by atoms with E-state index < -0.39 is 18.4 Å². The van der Waals surface area contributed by atoms with Crippen LogP contribution in [-0.2, 0) is 4.74 Å². The first-order chi connectivity index (χ1) is 16.7. The molecule has 0 radical (unpaired) electrons. The molecule has 4 atom stereocenters. The molecule has 0 N–H and O–H groups in total. The molecule has 3 aromatic rings. The van der Waals surface area contributed by atoms with Crippen molar-refractivity contribution in [3.63, 3.8) is 0 Å². The molecule has 12 heteroatoms. The molecule has 2 bridgehead atoms. The number of ether oxygens (including phenoxy) is 2. The number of amides is 1. The lowest BCUT2D eigenvalue weighted by molar-refractivity contribution is -0.204. The van der Waals surface area contributed by atoms with Gasteiger partial charge in [0.1, 0.15) is 12.4 Å². The Balaban J connectivity index is 1.30. The molecule has 1 aliphatic carbocycles. The minimum atomic E-state index is -4.60. The molecule has 3 fully saturated rings. The number of hydrogen-bond acceptors (Lipinski definition) is 6. The van der Waals surface area contributed by atoms with Crippen LogP contribution in [-0.4, -0.2) is 56.0 Å². The highest BCUT2D eigenvalue weighted by Gasteiger charge is 2.51. The second-order valence-electron chi connectivity index (χ2n) is 8.61. The summed E-state index contributed by atoms with van der Waals surface area (Å²) in [5.74, 6) is 0.365. The number of nitrogens with zero attached hydrogens (tertiary/aromatic N) is 5. The van der Waals surface area contributed by atoms with Gasteiger partial charge < -0.3 is 14.4 Å². The molecule has 4 heterocycles. The molecule has 3 unspecified atom stereocenters. The third-order valence-corrected chi connectivity index (χ3v) is 6.71. The number of halogens is 4. The Labute approximate surface area is 202 Å². The topological polar surface area (TPSA) is 93.3 Å². The number of carbonyl (C=O) groups excluding carboxylic acids is 1. The van der Waals surface area contributed by atoms with Crippen molar-refractivity contribution < 1.29 is 27.4 Å². The molecular formula is C23H19ClF3N5O3. The zero-order valence-corrected chi connectivity index (χ0v) is 19.1. The second-order valence-corrected chi connectivity index (χ2v) is 9.02. The van der Waals surface area contributed by atoms with Crippen LogP contribution in [0.1, 0.15) is 31.7 Å². The van der Waals surface area contributed by atoms with Gasteiger partial charge in [-0.15, -0.1) is 0 Å². The number of hydrogen-bond donors (Lipinski definition) is 0. The van der Waals surface area contributed by atoms with E-state index in [4.69, 9.17) is 21.6 Å². The van der Waals surface area contributed by atoms with Crippen LogP contribution in [0.25, 0.3) is 16.7 Å². The lowest BCUT2D eigenvalue weighted by Gasteiger charge is -2.54. The number of rotatable bonds is 4. The summed E-state index contributed by atoms with van der Waals surface area (Å²) in [6, 6.07) is 8.31. The fourth-order valence-electron chi connectivity index (χ4n) is 4.64. The summed E-state index contributed by atoms with van der Waals surface area (Å²) < 4.78 is 50.7. The smallest absolute Gasteiger partial charge is 0.425 e. The van der Waals surface area contributed by atoms with Crippen LogP contribution in [0.4, 0.5) is 18.0 Å². The van der Waals surface area contributed by atoms with Crippen molar-refractivity contribution >= 4 is 28.7 Å². The van der Waals surface area contributed by atoms with E-state index in [1.807, 2.05) is 6.07 Å². The highest BCUT2D eigenvalue weighted by Crippen LogP contribution is 2.41. The van der Waals surface area contributed by atoms with E-state index in [0.29, 0.717) is 52.4 Å². The molecule has 0 spiro atoms. The predicted octanol–water partition coefficient (Wildman–Crippen LogP) is 5.02. The van der Waals surface area contributed by atoms with E-state index in [1.165, 1.54) is 11.2 Å². The average Bonchev–Trinajstić information content (AvgIpc) is 3.23. The summed E-state index contributed by atoms with van der Waals surface area (Å²) in [5, 5.41) is 10.1. The molecule has 35 heavy (non-hydrogen) atoms. The van der Waals surface area contributed by atoms with Gasteiger partial charge in [0.2, 0.25) is 5.88 Å². The fourth-order valence-corrected chi connectivity index (χ4v) is 4.92. The summed E-state index contributed by atoms with van der Waals surface area (Å²) in [4.78, 5) is 22.2. The molecule has 6 rings (SSSR count). The van der Waals surface area contributed by atoms with Crippen LogP contribution in [0.15, 0.2) is 36.8 Å². The van der Waals surface area contributed by atoms with Gasteiger partial charge in [-0.05, 0) is 37.6 Å². The van der Waals surface area contributed by atoms with Gasteiger partial charge in [-0.2, -0.15) is 18.4 Å². The summed E-state index contributed by atoms with van der Waals surface area (Å²) in [6.07, 6.45) is -3.21. The normalized spacial score (nSPS) is 22.3. The van der Waals surface area contributed by atoms with E-state index >= 15 is 0 Å². The second kappa shape index (κ2) is 8.61. The van der Waals surface area contributed by atoms with E-state index in [-0.39, 0.29) is 18.2 Å². The molecule has 1 aromatic carbocycles. The van der Waals surface area contributed by atoms with E-state index in [2.05, 4.69) is 14.7 Å². The summed E-state index contributed by atoms with van der Waals surface area (Å²) in [7, 11) is 0. The van der Waals surface area contributed by atoms with Gasteiger partial charge in [0.25, 0.3) is 0 Å². The van der Waals surface area contributed by atoms with Gasteiger partial charge in [0, 0.05) is 31.1 Å². The number of alkyl halides is 3. The zero-order chi connectivity index (χ0) is 24.9. The molecule has 2 saturated heterocycles. The van der Waals surface area contributed by atoms with Crippen LogP contribution in [0.3, 0.4) is 0 Å². The van der Waals surface area contributed by atoms with Gasteiger partial charge >= 0.3 is 12.3 Å². The van der Waals surface area contributed by atoms with Crippen LogP contribution in [0.2, 0.25) is 5.02 Å². The Kier molecular flexibility index (Phi) is 5.71. The molecule has 8 nitrogen and oxygen atoms in total. The minimum absolute atomic E-state index is 0.244. The predicted molar refractivity (Wildman–Crippen MR) is 118 cm³/mol. The van der Waals surface area contributed by atoms with E-state index in [0.717, 1.165) is 6.92 Å². The molecule has 1 amide bonds. The number of carbonyl (C=O) groups is 1. The highest BCUT2D eigenvalue weighted by atomic mass is 35.5. The maximum atomic E-state index is 12.7. The largest absolute Gasteiger partial charge is 0.474 e. The standard InChI is InChI=1S/C23H19ClF3N5O3/c1-12(23(25,26)27)34-22(33)32-14-7-15(32)9-16(8-14)35-21-17-4-5-31(20(17)29-11-30-21)19-3-2-13(10-28)6-18(19)24/h2-6,11-12,14-16H,7-9H2,1H3/t12?,14-,15?,16?/m0/s1. The third kappa shape index (κ3) is 4.23. The van der Waals surface area contributed by atoms with Crippen LogP contribution in [0, 0.1) is 11.3 Å². The van der Waals surface area contributed by atoms with Crippen molar-refractivity contribution in [1.29, 1.82) is 5.26 Å². The average molecular weight is 506 g/mol. The van der Waals surface area contributed by atoms with Gasteiger partial charge in [-0.3, -0.25) is 4.57 Å². The molecular weight excluding hydrogens is 487 g/mol. The Bertz CT molecular complexity index is 1330. The maximum absolute atomic E-state index is 12.7. The summed E-state index contributed by atoms with van der Waals surface area (Å²) >= 11 is 6.36. The monoisotopic (exact) mass is 505 g/mol. The third-order valence-electron chi connectivity index (χ3n) is 6.41. The van der Waals surface area contributed by atoms with Crippen molar-refractivity contribution in [1.82, 2.24) is 19.4 Å². The zero-order valence-electron chi connectivity index (χ0n) is 18.4. The van der Waals surface area contributed by atoms with Crippen molar-refractivity contribution in [2.75, 3.05) is 0 Å².